The summed E-state index contributed by atoms with van der Waals surface area (Å²) in [5, 5.41) is 0. The van der Waals surface area contributed by atoms with Crippen molar-refractivity contribution in [3.05, 3.63) is 43.0 Å². The SMILES string of the molecule is [CH2]OCCCC(C)c1ccccc1. The molecular formula is C12H17O. The number of benzene rings is 1. The molecule has 0 aliphatic carbocycles. The van der Waals surface area contributed by atoms with Gasteiger partial charge in [-0.2, -0.15) is 0 Å². The van der Waals surface area contributed by atoms with Crippen molar-refractivity contribution in [3.63, 3.8) is 0 Å². The summed E-state index contributed by atoms with van der Waals surface area (Å²) in [7, 11) is 3.36. The second-order valence-corrected chi connectivity index (χ2v) is 3.36. The van der Waals surface area contributed by atoms with E-state index in [0.29, 0.717) is 5.92 Å². The second kappa shape index (κ2) is 5.76. The van der Waals surface area contributed by atoms with Crippen LogP contribution in [0.15, 0.2) is 30.3 Å². The maximum atomic E-state index is 4.78. The van der Waals surface area contributed by atoms with Crippen LogP contribution in [0.4, 0.5) is 0 Å². The van der Waals surface area contributed by atoms with Crippen LogP contribution in [-0.4, -0.2) is 6.61 Å². The predicted molar refractivity (Wildman–Crippen MR) is 55.4 cm³/mol. The number of hydrogen-bond donors (Lipinski definition) is 0. The molecule has 1 radical (unpaired) electrons. The maximum absolute atomic E-state index is 4.78. The normalized spacial score (nSPS) is 12.8. The molecule has 1 nitrogen and oxygen atoms in total. The third-order valence-electron chi connectivity index (χ3n) is 2.29. The molecule has 1 atom stereocenters. The van der Waals surface area contributed by atoms with Gasteiger partial charge in [-0.05, 0) is 24.3 Å². The van der Waals surface area contributed by atoms with E-state index in [9.17, 15) is 0 Å². The number of hydrogen-bond acceptors (Lipinski definition) is 1. The lowest BCUT2D eigenvalue weighted by molar-refractivity contribution is 0.232. The molecule has 0 aliphatic heterocycles. The van der Waals surface area contributed by atoms with E-state index in [4.69, 9.17) is 4.74 Å². The van der Waals surface area contributed by atoms with Crippen molar-refractivity contribution in [2.75, 3.05) is 6.61 Å². The molecule has 1 unspecified atom stereocenters. The highest BCUT2D eigenvalue weighted by Crippen LogP contribution is 2.19. The van der Waals surface area contributed by atoms with Crippen molar-refractivity contribution in [2.45, 2.75) is 25.7 Å². The Bertz CT molecular complexity index is 218. The van der Waals surface area contributed by atoms with Gasteiger partial charge in [-0.25, -0.2) is 0 Å². The fourth-order valence-electron chi connectivity index (χ4n) is 1.44. The Balaban J connectivity index is 2.35. The monoisotopic (exact) mass is 177 g/mol. The fourth-order valence-corrected chi connectivity index (χ4v) is 1.44. The standard InChI is InChI=1S/C12H17O/c1-11(7-6-10-13-2)12-8-4-3-5-9-12/h3-5,8-9,11H,2,6-7,10H2,1H3. The third kappa shape index (κ3) is 3.60. The van der Waals surface area contributed by atoms with Gasteiger partial charge in [0.15, 0.2) is 0 Å². The first kappa shape index (κ1) is 10.3. The quantitative estimate of drug-likeness (QED) is 0.626. The molecule has 0 fully saturated rings. The maximum Gasteiger partial charge on any atom is 0.0700 e. The molecule has 0 N–H and O–H groups in total. The lowest BCUT2D eigenvalue weighted by atomic mass is 9.97. The summed E-state index contributed by atoms with van der Waals surface area (Å²) in [6, 6.07) is 10.6. The predicted octanol–water partition coefficient (Wildman–Crippen LogP) is 3.38. The van der Waals surface area contributed by atoms with Crippen LogP contribution in [-0.2, 0) is 4.74 Å². The molecule has 1 rings (SSSR count). The fraction of sp³-hybridized carbons (Fsp3) is 0.417. The summed E-state index contributed by atoms with van der Waals surface area (Å²) in [5.74, 6) is 0.622. The van der Waals surface area contributed by atoms with Crippen molar-refractivity contribution < 1.29 is 4.74 Å². The van der Waals surface area contributed by atoms with Crippen molar-refractivity contribution in [1.82, 2.24) is 0 Å². The minimum Gasteiger partial charge on any atom is -0.379 e. The zero-order valence-corrected chi connectivity index (χ0v) is 8.20. The molecule has 0 spiro atoms. The molecule has 0 aromatic heterocycles. The first-order valence-electron chi connectivity index (χ1n) is 4.76. The third-order valence-corrected chi connectivity index (χ3v) is 2.29. The molecule has 0 saturated carbocycles. The zero-order valence-electron chi connectivity index (χ0n) is 8.20. The highest BCUT2D eigenvalue weighted by molar-refractivity contribution is 5.18. The van der Waals surface area contributed by atoms with Gasteiger partial charge in [0, 0.05) is 6.61 Å². The van der Waals surface area contributed by atoms with Crippen LogP contribution in [0.1, 0.15) is 31.2 Å². The second-order valence-electron chi connectivity index (χ2n) is 3.36. The summed E-state index contributed by atoms with van der Waals surface area (Å²) in [6.07, 6.45) is 2.25. The van der Waals surface area contributed by atoms with E-state index in [-0.39, 0.29) is 0 Å². The van der Waals surface area contributed by atoms with Crippen LogP contribution in [0.5, 0.6) is 0 Å². The van der Waals surface area contributed by atoms with Crippen molar-refractivity contribution in [2.24, 2.45) is 0 Å². The average Bonchev–Trinajstić information content (AvgIpc) is 2.19. The smallest absolute Gasteiger partial charge is 0.0700 e. The van der Waals surface area contributed by atoms with Gasteiger partial charge in [-0.1, -0.05) is 37.3 Å². The van der Waals surface area contributed by atoms with Gasteiger partial charge >= 0.3 is 0 Å². The summed E-state index contributed by atoms with van der Waals surface area (Å²) in [6.45, 7) is 3.01. The van der Waals surface area contributed by atoms with E-state index in [1.165, 1.54) is 12.0 Å². The molecule has 71 valence electrons. The van der Waals surface area contributed by atoms with Crippen LogP contribution in [0.25, 0.3) is 0 Å². The van der Waals surface area contributed by atoms with E-state index in [0.717, 1.165) is 13.0 Å². The first-order chi connectivity index (χ1) is 6.34. The Hall–Kier alpha value is -0.820. The zero-order chi connectivity index (χ0) is 9.52. The summed E-state index contributed by atoms with van der Waals surface area (Å²) in [4.78, 5) is 0. The van der Waals surface area contributed by atoms with Gasteiger partial charge in [0.1, 0.15) is 0 Å². The Morgan fingerprint density at radius 1 is 1.31 bits per heavy atom. The highest BCUT2D eigenvalue weighted by Gasteiger charge is 2.03. The van der Waals surface area contributed by atoms with Gasteiger partial charge in [0.05, 0.1) is 7.11 Å². The molecule has 0 bridgehead atoms. The van der Waals surface area contributed by atoms with Crippen molar-refractivity contribution in [3.8, 4) is 0 Å². The summed E-state index contributed by atoms with van der Waals surface area (Å²) in [5.41, 5.74) is 1.41. The van der Waals surface area contributed by atoms with Gasteiger partial charge < -0.3 is 4.74 Å². The highest BCUT2D eigenvalue weighted by atomic mass is 16.5. The van der Waals surface area contributed by atoms with Gasteiger partial charge in [-0.3, -0.25) is 0 Å². The van der Waals surface area contributed by atoms with Crippen LogP contribution in [0, 0.1) is 7.11 Å². The number of ether oxygens (including phenoxy) is 1. The minimum atomic E-state index is 0.622. The van der Waals surface area contributed by atoms with Gasteiger partial charge in [-0.15, -0.1) is 0 Å². The molecule has 0 heterocycles. The van der Waals surface area contributed by atoms with Crippen LogP contribution in [0.2, 0.25) is 0 Å². The lowest BCUT2D eigenvalue weighted by Crippen LogP contribution is -1.95. The Kier molecular flexibility index (Phi) is 4.55. The van der Waals surface area contributed by atoms with Crippen LogP contribution >= 0.6 is 0 Å². The van der Waals surface area contributed by atoms with E-state index in [2.05, 4.69) is 44.4 Å². The van der Waals surface area contributed by atoms with E-state index < -0.39 is 0 Å². The molecule has 0 aliphatic rings. The van der Waals surface area contributed by atoms with Gasteiger partial charge in [0.2, 0.25) is 0 Å². The van der Waals surface area contributed by atoms with Gasteiger partial charge in [0.25, 0.3) is 0 Å². The Morgan fingerprint density at radius 2 is 2.00 bits per heavy atom. The lowest BCUT2D eigenvalue weighted by Gasteiger charge is -2.10. The largest absolute Gasteiger partial charge is 0.379 e. The van der Waals surface area contributed by atoms with Crippen molar-refractivity contribution >= 4 is 0 Å². The van der Waals surface area contributed by atoms with E-state index in [1.54, 1.807) is 0 Å². The molecule has 0 saturated heterocycles. The molecule has 1 heteroatoms. The Labute approximate surface area is 80.7 Å². The topological polar surface area (TPSA) is 9.23 Å². The molecule has 1 aromatic rings. The van der Waals surface area contributed by atoms with Crippen LogP contribution in [0.3, 0.4) is 0 Å². The van der Waals surface area contributed by atoms with E-state index >= 15 is 0 Å². The average molecular weight is 177 g/mol. The molecule has 0 amide bonds. The van der Waals surface area contributed by atoms with Crippen LogP contribution < -0.4 is 0 Å². The number of rotatable bonds is 5. The summed E-state index contributed by atoms with van der Waals surface area (Å²) < 4.78 is 4.78. The van der Waals surface area contributed by atoms with Crippen molar-refractivity contribution in [1.29, 1.82) is 0 Å². The Morgan fingerprint density at radius 3 is 2.62 bits per heavy atom. The molecule has 1 aromatic carbocycles. The minimum absolute atomic E-state index is 0.622. The first-order valence-corrected chi connectivity index (χ1v) is 4.76. The molecular weight excluding hydrogens is 160 g/mol. The van der Waals surface area contributed by atoms with E-state index in [1.807, 2.05) is 0 Å². The molecule has 13 heavy (non-hydrogen) atoms. The summed E-state index contributed by atoms with van der Waals surface area (Å²) >= 11 is 0.